The van der Waals surface area contributed by atoms with Crippen molar-refractivity contribution in [3.8, 4) is 0 Å². The molecule has 4 rings (SSSR count). The Labute approximate surface area is 179 Å². The summed E-state index contributed by atoms with van der Waals surface area (Å²) in [5.41, 5.74) is 0.447. The zero-order valence-corrected chi connectivity index (χ0v) is 18.3. The SMILES string of the molecule is N=C=C(c1cccccc1=O)[As+](c1ccccc1)(c1ccccc1)c1ccccc1. The Hall–Kier alpha value is -3.44. The summed E-state index contributed by atoms with van der Waals surface area (Å²) in [6.07, 6.45) is 0. The third kappa shape index (κ3) is 3.48. The van der Waals surface area contributed by atoms with Gasteiger partial charge in [0.25, 0.3) is 0 Å². The Morgan fingerprint density at radius 2 is 0.933 bits per heavy atom. The van der Waals surface area contributed by atoms with Crippen molar-refractivity contribution in [2.45, 2.75) is 0 Å². The van der Waals surface area contributed by atoms with Crippen molar-refractivity contribution in [2.75, 3.05) is 0 Å². The molecule has 4 aromatic rings. The van der Waals surface area contributed by atoms with Crippen LogP contribution in [0.25, 0.3) is 4.36 Å². The van der Waals surface area contributed by atoms with Gasteiger partial charge in [0.15, 0.2) is 0 Å². The monoisotopic (exact) mass is 450 g/mol. The van der Waals surface area contributed by atoms with Gasteiger partial charge in [-0.25, -0.2) is 0 Å². The third-order valence-corrected chi connectivity index (χ3v) is 14.0. The fourth-order valence-corrected chi connectivity index (χ4v) is 12.7. The van der Waals surface area contributed by atoms with E-state index in [0.29, 0.717) is 9.92 Å². The molecule has 0 aliphatic carbocycles. The van der Waals surface area contributed by atoms with Crippen LogP contribution < -0.4 is 18.5 Å². The summed E-state index contributed by atoms with van der Waals surface area (Å²) in [7, 11) is 0. The summed E-state index contributed by atoms with van der Waals surface area (Å²) < 4.78 is 4.13. The molecule has 0 unspecified atom stereocenters. The van der Waals surface area contributed by atoms with Gasteiger partial charge in [0, 0.05) is 0 Å². The molecule has 0 aromatic heterocycles. The number of nitrogens with one attached hydrogen (secondary N) is 1. The van der Waals surface area contributed by atoms with Gasteiger partial charge in [-0.1, -0.05) is 0 Å². The van der Waals surface area contributed by atoms with Crippen LogP contribution in [0.3, 0.4) is 0 Å². The standard InChI is InChI=1S/C27H21AsNO/c29-21-26(25-19-11-4-12-20-27(25)30)28(22-13-5-1-6-14-22,23-15-7-2-8-16-23)24-17-9-3-10-18-24/h1-20,29H/q+1. The second kappa shape index (κ2) is 8.93. The van der Waals surface area contributed by atoms with Crippen LogP contribution in [0, 0.1) is 5.41 Å². The number of benzene rings is 3. The van der Waals surface area contributed by atoms with Crippen LogP contribution in [0.4, 0.5) is 0 Å². The molecule has 0 amide bonds. The van der Waals surface area contributed by atoms with Gasteiger partial charge in [-0.05, 0) is 0 Å². The van der Waals surface area contributed by atoms with E-state index in [-0.39, 0.29) is 5.43 Å². The Bertz CT molecular complexity index is 1150. The summed E-state index contributed by atoms with van der Waals surface area (Å²) in [6.45, 7) is 0. The molecule has 0 atom stereocenters. The van der Waals surface area contributed by atoms with Crippen molar-refractivity contribution in [3.05, 3.63) is 137 Å². The quantitative estimate of drug-likeness (QED) is 0.368. The van der Waals surface area contributed by atoms with Crippen LogP contribution in [0.2, 0.25) is 0 Å². The predicted octanol–water partition coefficient (Wildman–Crippen LogP) is 3.39. The molecule has 2 nitrogen and oxygen atoms in total. The molecule has 1 N–H and O–H groups in total. The fraction of sp³-hybridized carbons (Fsp3) is 0. The molecule has 0 saturated carbocycles. The molecule has 0 saturated heterocycles. The van der Waals surface area contributed by atoms with Crippen molar-refractivity contribution in [3.63, 3.8) is 0 Å². The summed E-state index contributed by atoms with van der Waals surface area (Å²) >= 11 is -3.44. The van der Waals surface area contributed by atoms with E-state index < -0.39 is 13.6 Å². The average Bonchev–Trinajstić information content (AvgIpc) is 3.03. The van der Waals surface area contributed by atoms with E-state index in [1.165, 1.54) is 0 Å². The molecule has 144 valence electrons. The number of hydrogen-bond donors (Lipinski definition) is 1. The molecular formula is C27H21AsNO+. The van der Waals surface area contributed by atoms with Gasteiger partial charge in [-0.2, -0.15) is 0 Å². The van der Waals surface area contributed by atoms with Gasteiger partial charge in [0.1, 0.15) is 0 Å². The zero-order valence-electron chi connectivity index (χ0n) is 16.4. The number of hydrogen-bond acceptors (Lipinski definition) is 2. The van der Waals surface area contributed by atoms with Gasteiger partial charge in [-0.3, -0.25) is 0 Å². The number of rotatable bonds is 5. The molecule has 3 heteroatoms. The summed E-state index contributed by atoms with van der Waals surface area (Å²) in [6, 6.07) is 39.7. The molecule has 0 spiro atoms. The van der Waals surface area contributed by atoms with Crippen LogP contribution in [-0.2, 0) is 0 Å². The molecule has 0 bridgehead atoms. The maximum absolute atomic E-state index is 13.0. The summed E-state index contributed by atoms with van der Waals surface area (Å²) in [5, 5.41) is 8.38. The average molecular weight is 450 g/mol. The Morgan fingerprint density at radius 3 is 1.33 bits per heavy atom. The normalized spacial score (nSPS) is 10.8. The molecule has 0 aliphatic rings. The molecule has 4 aromatic carbocycles. The van der Waals surface area contributed by atoms with E-state index in [9.17, 15) is 4.79 Å². The van der Waals surface area contributed by atoms with Crippen LogP contribution in [0.5, 0.6) is 0 Å². The summed E-state index contributed by atoms with van der Waals surface area (Å²) in [5.74, 6) is 2.75. The van der Waals surface area contributed by atoms with Gasteiger partial charge >= 0.3 is 179 Å². The van der Waals surface area contributed by atoms with E-state index >= 15 is 0 Å². The second-order valence-electron chi connectivity index (χ2n) is 6.84. The molecule has 30 heavy (non-hydrogen) atoms. The van der Waals surface area contributed by atoms with Crippen molar-refractivity contribution < 1.29 is 0 Å². The third-order valence-electron chi connectivity index (χ3n) is 5.14. The van der Waals surface area contributed by atoms with Gasteiger partial charge in [0.2, 0.25) is 0 Å². The van der Waals surface area contributed by atoms with E-state index in [1.54, 1.807) is 12.1 Å². The second-order valence-corrected chi connectivity index (χ2v) is 13.8. The first kappa shape index (κ1) is 19.9. The first-order valence-corrected chi connectivity index (χ1v) is 13.5. The van der Waals surface area contributed by atoms with E-state index in [2.05, 4.69) is 42.3 Å². The molecular weight excluding hydrogens is 429 g/mol. The van der Waals surface area contributed by atoms with Crippen molar-refractivity contribution in [2.24, 2.45) is 0 Å². The molecule has 0 fully saturated rings. The van der Waals surface area contributed by atoms with Gasteiger partial charge in [-0.15, -0.1) is 0 Å². The Balaban J connectivity index is 2.20. The van der Waals surface area contributed by atoms with Crippen molar-refractivity contribution in [1.82, 2.24) is 0 Å². The molecule has 0 aliphatic heterocycles. The Kier molecular flexibility index (Phi) is 5.91. The van der Waals surface area contributed by atoms with E-state index in [4.69, 9.17) is 5.41 Å². The maximum atomic E-state index is 13.0. The van der Waals surface area contributed by atoms with E-state index in [1.807, 2.05) is 72.8 Å². The van der Waals surface area contributed by atoms with E-state index in [0.717, 1.165) is 13.1 Å². The minimum atomic E-state index is -3.44. The predicted molar refractivity (Wildman–Crippen MR) is 128 cm³/mol. The minimum absolute atomic E-state index is 0.0941. The van der Waals surface area contributed by atoms with Crippen LogP contribution in [0.1, 0.15) is 5.56 Å². The first-order chi connectivity index (χ1) is 14.8. The van der Waals surface area contributed by atoms with Crippen molar-refractivity contribution in [1.29, 1.82) is 5.41 Å². The first-order valence-electron chi connectivity index (χ1n) is 9.74. The Morgan fingerprint density at radius 1 is 0.567 bits per heavy atom. The molecule has 0 heterocycles. The topological polar surface area (TPSA) is 40.9 Å². The van der Waals surface area contributed by atoms with Crippen LogP contribution in [-0.4, -0.2) is 19.4 Å². The fourth-order valence-electron chi connectivity index (χ4n) is 3.85. The summed E-state index contributed by atoms with van der Waals surface area (Å²) in [4.78, 5) is 13.0. The zero-order chi connectivity index (χ0) is 20.8. The van der Waals surface area contributed by atoms with Crippen LogP contribution >= 0.6 is 0 Å². The van der Waals surface area contributed by atoms with Crippen LogP contribution in [0.15, 0.2) is 126 Å². The van der Waals surface area contributed by atoms with Gasteiger partial charge < -0.3 is 0 Å². The molecule has 0 radical (unpaired) electrons. The van der Waals surface area contributed by atoms with Crippen molar-refractivity contribution >= 4 is 36.8 Å². The van der Waals surface area contributed by atoms with Gasteiger partial charge in [0.05, 0.1) is 0 Å².